The van der Waals surface area contributed by atoms with Crippen LogP contribution in [0.1, 0.15) is 66.4 Å². The van der Waals surface area contributed by atoms with E-state index in [4.69, 9.17) is 8.85 Å². The first-order valence-corrected chi connectivity index (χ1v) is 17.5. The summed E-state index contributed by atoms with van der Waals surface area (Å²) in [7, 11) is -3.72. The topological polar surface area (TPSA) is 38.7 Å². The van der Waals surface area contributed by atoms with Crippen molar-refractivity contribution in [3.8, 4) is 5.75 Å². The van der Waals surface area contributed by atoms with Gasteiger partial charge in [-0.2, -0.15) is 0 Å². The van der Waals surface area contributed by atoms with Crippen molar-refractivity contribution in [2.24, 2.45) is 0 Å². The van der Waals surface area contributed by atoms with Gasteiger partial charge in [-0.1, -0.05) is 59.8 Å². The molecule has 0 radical (unpaired) electrons. The Hall–Kier alpha value is -0.886. The SMILES string of the molecule is C=CC[C@@H](O)C[C@H](CCc1ccc(O[Si](C)(C)C(C)(C)C)cc1)O[Si](C)(C)C(C)(C)C. The lowest BCUT2D eigenvalue weighted by Gasteiger charge is -2.40. The van der Waals surface area contributed by atoms with E-state index < -0.39 is 22.7 Å². The zero-order valence-electron chi connectivity index (χ0n) is 21.8. The highest BCUT2D eigenvalue weighted by molar-refractivity contribution is 6.75. The van der Waals surface area contributed by atoms with Crippen molar-refractivity contribution in [1.82, 2.24) is 0 Å². The molecule has 0 aliphatic carbocycles. The van der Waals surface area contributed by atoms with Gasteiger partial charge in [0.1, 0.15) is 5.75 Å². The summed E-state index contributed by atoms with van der Waals surface area (Å²) in [6, 6.07) is 8.55. The van der Waals surface area contributed by atoms with E-state index in [9.17, 15) is 5.11 Å². The number of aryl methyl sites for hydroxylation is 1. The first-order valence-electron chi connectivity index (χ1n) is 11.7. The monoisotopic (exact) mass is 464 g/mol. The molecule has 0 bridgehead atoms. The molecule has 0 saturated heterocycles. The summed E-state index contributed by atoms with van der Waals surface area (Å²) in [4.78, 5) is 0. The van der Waals surface area contributed by atoms with Gasteiger partial charge in [0.25, 0.3) is 0 Å². The maximum Gasteiger partial charge on any atom is 0.250 e. The molecule has 0 saturated carbocycles. The van der Waals surface area contributed by atoms with Crippen LogP contribution in [-0.4, -0.2) is 33.9 Å². The van der Waals surface area contributed by atoms with Crippen LogP contribution in [0.3, 0.4) is 0 Å². The van der Waals surface area contributed by atoms with Gasteiger partial charge in [0, 0.05) is 6.10 Å². The maximum atomic E-state index is 10.4. The fraction of sp³-hybridized carbons (Fsp3) is 0.692. The number of benzene rings is 1. The van der Waals surface area contributed by atoms with Crippen LogP contribution in [0.15, 0.2) is 36.9 Å². The highest BCUT2D eigenvalue weighted by Crippen LogP contribution is 2.39. The van der Waals surface area contributed by atoms with E-state index in [0.717, 1.165) is 18.6 Å². The standard InChI is InChI=1S/C26H48O3Si2/c1-12-13-22(27)20-24(29-31(10,11)26(5,6)7)19-16-21-14-17-23(18-15-21)28-30(8,9)25(2,3)4/h12,14-15,17-18,22,24,27H,1,13,16,19-20H2,2-11H3/t22-,24+/m1/s1. The minimum Gasteiger partial charge on any atom is -0.544 e. The summed E-state index contributed by atoms with van der Waals surface area (Å²) in [5, 5.41) is 10.7. The average molecular weight is 465 g/mol. The van der Waals surface area contributed by atoms with Crippen molar-refractivity contribution >= 4 is 16.6 Å². The van der Waals surface area contributed by atoms with Gasteiger partial charge >= 0.3 is 0 Å². The molecule has 1 N–H and O–H groups in total. The van der Waals surface area contributed by atoms with E-state index in [1.165, 1.54) is 5.56 Å². The molecule has 0 aliphatic heterocycles. The molecule has 2 atom stereocenters. The Morgan fingerprint density at radius 1 is 0.935 bits per heavy atom. The van der Waals surface area contributed by atoms with Crippen LogP contribution in [-0.2, 0) is 10.8 Å². The second-order valence-electron chi connectivity index (χ2n) is 12.0. The highest BCUT2D eigenvalue weighted by Gasteiger charge is 2.40. The average Bonchev–Trinajstić information content (AvgIpc) is 2.58. The summed E-state index contributed by atoms with van der Waals surface area (Å²) in [6.07, 6.45) is 4.55. The zero-order valence-corrected chi connectivity index (χ0v) is 23.8. The molecule has 1 rings (SSSR count). The van der Waals surface area contributed by atoms with E-state index in [-0.39, 0.29) is 16.2 Å². The summed E-state index contributed by atoms with van der Waals surface area (Å²) >= 11 is 0. The molecule has 0 unspecified atom stereocenters. The van der Waals surface area contributed by atoms with E-state index in [1.54, 1.807) is 6.08 Å². The Bertz CT molecular complexity index is 682. The minimum absolute atomic E-state index is 0.0546. The Morgan fingerprint density at radius 2 is 1.45 bits per heavy atom. The Labute approximate surface area is 194 Å². The van der Waals surface area contributed by atoms with Crippen molar-refractivity contribution in [3.63, 3.8) is 0 Å². The number of hydrogen-bond acceptors (Lipinski definition) is 3. The second-order valence-corrected chi connectivity index (χ2v) is 21.4. The number of aliphatic hydroxyl groups excluding tert-OH is 1. The Kier molecular flexibility index (Phi) is 9.83. The maximum absolute atomic E-state index is 10.4. The van der Waals surface area contributed by atoms with E-state index in [1.807, 2.05) is 0 Å². The van der Waals surface area contributed by atoms with E-state index >= 15 is 0 Å². The molecular weight excluding hydrogens is 416 g/mol. The van der Waals surface area contributed by atoms with Crippen molar-refractivity contribution in [2.75, 3.05) is 0 Å². The van der Waals surface area contributed by atoms with Gasteiger partial charge in [0.05, 0.1) is 6.10 Å². The molecule has 0 spiro atoms. The molecule has 1 aromatic rings. The van der Waals surface area contributed by atoms with Crippen molar-refractivity contribution < 1.29 is 14.0 Å². The molecule has 0 amide bonds. The van der Waals surface area contributed by atoms with E-state index in [0.29, 0.717) is 12.8 Å². The molecule has 178 valence electrons. The minimum atomic E-state index is -1.90. The molecule has 5 heteroatoms. The van der Waals surface area contributed by atoms with Gasteiger partial charge in [-0.15, -0.1) is 6.58 Å². The van der Waals surface area contributed by atoms with Crippen LogP contribution in [0.2, 0.25) is 36.3 Å². The number of aliphatic hydroxyl groups is 1. The lowest BCUT2D eigenvalue weighted by atomic mass is 10.0. The summed E-state index contributed by atoms with van der Waals surface area (Å²) in [6.45, 7) is 26.5. The largest absolute Gasteiger partial charge is 0.544 e. The van der Waals surface area contributed by atoms with Gasteiger partial charge in [-0.3, -0.25) is 0 Å². The Balaban J connectivity index is 2.84. The van der Waals surface area contributed by atoms with Gasteiger partial charge in [-0.05, 0) is 79.6 Å². The summed E-state index contributed by atoms with van der Waals surface area (Å²) < 4.78 is 13.1. The zero-order chi connectivity index (χ0) is 24.1. The summed E-state index contributed by atoms with van der Waals surface area (Å²) in [5.74, 6) is 0.964. The van der Waals surface area contributed by atoms with Gasteiger partial charge in [-0.25, -0.2) is 0 Å². The lowest BCUT2D eigenvalue weighted by molar-refractivity contribution is 0.0833. The highest BCUT2D eigenvalue weighted by atomic mass is 28.4. The lowest BCUT2D eigenvalue weighted by Crippen LogP contribution is -2.44. The summed E-state index contributed by atoms with van der Waals surface area (Å²) in [5.41, 5.74) is 1.28. The predicted octanol–water partition coefficient (Wildman–Crippen LogP) is 7.72. The van der Waals surface area contributed by atoms with Crippen LogP contribution in [0.5, 0.6) is 5.75 Å². The molecule has 1 aromatic carbocycles. The normalized spacial score (nSPS) is 15.5. The van der Waals surface area contributed by atoms with Crippen LogP contribution in [0.25, 0.3) is 0 Å². The molecule has 31 heavy (non-hydrogen) atoms. The van der Waals surface area contributed by atoms with Gasteiger partial charge in [0.15, 0.2) is 8.32 Å². The molecule has 0 aliphatic rings. The van der Waals surface area contributed by atoms with Gasteiger partial charge in [0.2, 0.25) is 8.32 Å². The third-order valence-corrected chi connectivity index (χ3v) is 16.0. The fourth-order valence-corrected chi connectivity index (χ4v) is 5.34. The number of rotatable bonds is 11. The Morgan fingerprint density at radius 3 is 1.90 bits per heavy atom. The molecule has 3 nitrogen and oxygen atoms in total. The predicted molar refractivity (Wildman–Crippen MR) is 140 cm³/mol. The van der Waals surface area contributed by atoms with Crippen LogP contribution < -0.4 is 4.43 Å². The molecule has 0 heterocycles. The van der Waals surface area contributed by atoms with Crippen LogP contribution in [0.4, 0.5) is 0 Å². The first kappa shape index (κ1) is 28.1. The first-order chi connectivity index (χ1) is 14.0. The van der Waals surface area contributed by atoms with Crippen molar-refractivity contribution in [3.05, 3.63) is 42.5 Å². The van der Waals surface area contributed by atoms with E-state index in [2.05, 4.69) is 98.6 Å². The fourth-order valence-electron chi connectivity index (χ4n) is 2.91. The number of hydrogen-bond donors (Lipinski definition) is 1. The van der Waals surface area contributed by atoms with Crippen LogP contribution >= 0.6 is 0 Å². The molecule has 0 fully saturated rings. The van der Waals surface area contributed by atoms with Crippen molar-refractivity contribution in [1.29, 1.82) is 0 Å². The van der Waals surface area contributed by atoms with Crippen molar-refractivity contribution in [2.45, 2.75) is 116 Å². The molecular formula is C26H48O3Si2. The third-order valence-electron chi connectivity index (χ3n) is 7.10. The third kappa shape index (κ3) is 8.87. The molecule has 0 aromatic heterocycles. The van der Waals surface area contributed by atoms with Gasteiger partial charge < -0.3 is 14.0 Å². The van der Waals surface area contributed by atoms with Crippen LogP contribution in [0, 0.1) is 0 Å². The second kappa shape index (κ2) is 10.8. The smallest absolute Gasteiger partial charge is 0.250 e. The quantitative estimate of drug-likeness (QED) is 0.269.